The summed E-state index contributed by atoms with van der Waals surface area (Å²) in [5.74, 6) is -1.78. The molecular formula is C13H17F2N3S. The average Bonchev–Trinajstić information content (AvgIpc) is 2.39. The number of benzene rings is 1. The molecule has 3 nitrogen and oxygen atoms in total. The number of rotatable bonds is 6. The second-order valence-electron chi connectivity index (χ2n) is 4.01. The molecule has 0 unspecified atom stereocenters. The Morgan fingerprint density at radius 1 is 1.32 bits per heavy atom. The first kappa shape index (κ1) is 15.5. The fraction of sp³-hybridized carbons (Fsp3) is 0.385. The predicted molar refractivity (Wildman–Crippen MR) is 77.2 cm³/mol. The summed E-state index contributed by atoms with van der Waals surface area (Å²) in [5, 5.41) is 7.25. The third kappa shape index (κ3) is 6.24. The van der Waals surface area contributed by atoms with Crippen molar-refractivity contribution in [2.75, 3.05) is 6.54 Å². The normalized spacial score (nSPS) is 10.7. The van der Waals surface area contributed by atoms with E-state index in [1.165, 1.54) is 12.3 Å². The third-order valence-corrected chi connectivity index (χ3v) is 2.62. The molecule has 0 bridgehead atoms. The van der Waals surface area contributed by atoms with Crippen LogP contribution in [0.4, 0.5) is 8.78 Å². The van der Waals surface area contributed by atoms with Crippen LogP contribution in [0.3, 0.4) is 0 Å². The second kappa shape index (κ2) is 8.53. The molecule has 0 radical (unpaired) electrons. The molecule has 104 valence electrons. The number of thiocarbonyl (C=S) groups is 1. The zero-order valence-electron chi connectivity index (χ0n) is 10.7. The number of unbranched alkanes of at least 4 members (excludes halogenated alkanes) is 2. The van der Waals surface area contributed by atoms with E-state index in [2.05, 4.69) is 22.8 Å². The second-order valence-corrected chi connectivity index (χ2v) is 4.41. The smallest absolute Gasteiger partial charge is 0.186 e. The summed E-state index contributed by atoms with van der Waals surface area (Å²) in [6.07, 6.45) is 4.72. The lowest BCUT2D eigenvalue weighted by Crippen LogP contribution is -2.32. The van der Waals surface area contributed by atoms with E-state index in [0.717, 1.165) is 37.9 Å². The van der Waals surface area contributed by atoms with E-state index < -0.39 is 11.6 Å². The quantitative estimate of drug-likeness (QED) is 0.365. The minimum atomic E-state index is -0.899. The van der Waals surface area contributed by atoms with E-state index >= 15 is 0 Å². The van der Waals surface area contributed by atoms with Gasteiger partial charge in [-0.3, -0.25) is 5.43 Å². The molecule has 0 amide bonds. The molecule has 0 aliphatic rings. The summed E-state index contributed by atoms with van der Waals surface area (Å²) in [6.45, 7) is 2.92. The molecule has 0 heterocycles. The summed E-state index contributed by atoms with van der Waals surface area (Å²) in [5.41, 5.74) is 3.07. The molecule has 1 rings (SSSR count). The Morgan fingerprint density at radius 2 is 2.11 bits per heavy atom. The lowest BCUT2D eigenvalue weighted by Gasteiger charge is -2.05. The maximum absolute atomic E-state index is 12.9. The Kier molecular flexibility index (Phi) is 6.95. The molecule has 6 heteroatoms. The van der Waals surface area contributed by atoms with Crippen molar-refractivity contribution < 1.29 is 8.78 Å². The molecule has 0 saturated carbocycles. The summed E-state index contributed by atoms with van der Waals surface area (Å²) in [7, 11) is 0. The van der Waals surface area contributed by atoms with Gasteiger partial charge >= 0.3 is 0 Å². The van der Waals surface area contributed by atoms with Gasteiger partial charge in [0.25, 0.3) is 0 Å². The van der Waals surface area contributed by atoms with Crippen molar-refractivity contribution in [2.24, 2.45) is 5.10 Å². The minimum Gasteiger partial charge on any atom is -0.361 e. The first-order valence-electron chi connectivity index (χ1n) is 6.15. The molecule has 2 N–H and O–H groups in total. The van der Waals surface area contributed by atoms with Crippen molar-refractivity contribution >= 4 is 23.5 Å². The monoisotopic (exact) mass is 285 g/mol. The summed E-state index contributed by atoms with van der Waals surface area (Å²) in [4.78, 5) is 0. The van der Waals surface area contributed by atoms with E-state index in [4.69, 9.17) is 12.2 Å². The van der Waals surface area contributed by atoms with Gasteiger partial charge < -0.3 is 5.32 Å². The van der Waals surface area contributed by atoms with Crippen molar-refractivity contribution in [3.63, 3.8) is 0 Å². The highest BCUT2D eigenvalue weighted by Gasteiger charge is 2.00. The lowest BCUT2D eigenvalue weighted by molar-refractivity contribution is 0.508. The molecule has 1 aromatic rings. The van der Waals surface area contributed by atoms with Gasteiger partial charge in [0, 0.05) is 6.54 Å². The standard InChI is InChI=1S/C13H17F2N3S/c1-2-3-4-7-16-13(19)18-17-9-10-5-6-11(14)12(15)8-10/h5-6,8-9H,2-4,7H2,1H3,(H2,16,18,19)/b17-9-. The van der Waals surface area contributed by atoms with Crippen molar-refractivity contribution in [3.8, 4) is 0 Å². The number of nitrogens with zero attached hydrogens (tertiary/aromatic N) is 1. The number of hydrogen-bond acceptors (Lipinski definition) is 2. The van der Waals surface area contributed by atoms with Crippen LogP contribution in [0.15, 0.2) is 23.3 Å². The third-order valence-electron chi connectivity index (χ3n) is 2.39. The molecule has 0 atom stereocenters. The number of nitrogens with one attached hydrogen (secondary N) is 2. The molecule has 1 aromatic carbocycles. The van der Waals surface area contributed by atoms with Gasteiger partial charge in [0.2, 0.25) is 0 Å². The number of hydrazone groups is 1. The Morgan fingerprint density at radius 3 is 2.79 bits per heavy atom. The first-order valence-corrected chi connectivity index (χ1v) is 6.56. The van der Waals surface area contributed by atoms with E-state index in [0.29, 0.717) is 10.7 Å². The fourth-order valence-electron chi connectivity index (χ4n) is 1.37. The topological polar surface area (TPSA) is 36.4 Å². The summed E-state index contributed by atoms with van der Waals surface area (Å²) < 4.78 is 25.6. The van der Waals surface area contributed by atoms with Crippen LogP contribution in [0.25, 0.3) is 0 Å². The van der Waals surface area contributed by atoms with E-state index in [-0.39, 0.29) is 0 Å². The predicted octanol–water partition coefficient (Wildman–Crippen LogP) is 2.95. The lowest BCUT2D eigenvalue weighted by atomic mass is 10.2. The maximum Gasteiger partial charge on any atom is 0.186 e. The minimum absolute atomic E-state index is 0.412. The molecule has 0 fully saturated rings. The Hall–Kier alpha value is -1.56. The number of hydrogen-bond donors (Lipinski definition) is 2. The zero-order valence-corrected chi connectivity index (χ0v) is 11.6. The maximum atomic E-state index is 12.9. The van der Waals surface area contributed by atoms with Crippen LogP contribution in [0.2, 0.25) is 0 Å². The first-order chi connectivity index (χ1) is 9.13. The molecule has 0 spiro atoms. The van der Waals surface area contributed by atoms with E-state index in [1.807, 2.05) is 0 Å². The fourth-order valence-corrected chi connectivity index (χ4v) is 1.53. The molecule has 0 aliphatic carbocycles. The van der Waals surface area contributed by atoms with E-state index in [9.17, 15) is 8.78 Å². The van der Waals surface area contributed by atoms with Gasteiger partial charge in [-0.25, -0.2) is 8.78 Å². The highest BCUT2D eigenvalue weighted by Crippen LogP contribution is 2.06. The summed E-state index contributed by atoms with van der Waals surface area (Å²) in [6, 6.07) is 3.55. The van der Waals surface area contributed by atoms with Crippen LogP contribution < -0.4 is 10.7 Å². The molecule has 0 saturated heterocycles. The van der Waals surface area contributed by atoms with Gasteiger partial charge in [-0.1, -0.05) is 25.8 Å². The SMILES string of the molecule is CCCCCNC(=S)N/N=C\c1ccc(F)c(F)c1. The van der Waals surface area contributed by atoms with Crippen molar-refractivity contribution in [1.29, 1.82) is 0 Å². The van der Waals surface area contributed by atoms with Crippen LogP contribution in [-0.4, -0.2) is 17.9 Å². The Labute approximate surface area is 117 Å². The van der Waals surface area contributed by atoms with Gasteiger partial charge in [0.15, 0.2) is 16.7 Å². The van der Waals surface area contributed by atoms with Crippen molar-refractivity contribution in [3.05, 3.63) is 35.4 Å². The summed E-state index contributed by atoms with van der Waals surface area (Å²) >= 11 is 5.00. The zero-order chi connectivity index (χ0) is 14.1. The van der Waals surface area contributed by atoms with Gasteiger partial charge in [0.05, 0.1) is 6.21 Å². The van der Waals surface area contributed by atoms with Crippen molar-refractivity contribution in [2.45, 2.75) is 26.2 Å². The molecule has 19 heavy (non-hydrogen) atoms. The Balaban J connectivity index is 2.32. The largest absolute Gasteiger partial charge is 0.361 e. The Bertz CT molecular complexity index is 450. The number of halogens is 2. The molecule has 0 aromatic heterocycles. The highest BCUT2D eigenvalue weighted by molar-refractivity contribution is 7.80. The van der Waals surface area contributed by atoms with Crippen LogP contribution in [0, 0.1) is 11.6 Å². The molecular weight excluding hydrogens is 268 g/mol. The van der Waals surface area contributed by atoms with Gasteiger partial charge in [0.1, 0.15) is 0 Å². The van der Waals surface area contributed by atoms with Crippen LogP contribution in [-0.2, 0) is 0 Å². The highest BCUT2D eigenvalue weighted by atomic mass is 32.1. The average molecular weight is 285 g/mol. The van der Waals surface area contributed by atoms with Crippen LogP contribution >= 0.6 is 12.2 Å². The van der Waals surface area contributed by atoms with Gasteiger partial charge in [-0.05, 0) is 36.3 Å². The van der Waals surface area contributed by atoms with Gasteiger partial charge in [-0.2, -0.15) is 5.10 Å². The van der Waals surface area contributed by atoms with Gasteiger partial charge in [-0.15, -0.1) is 0 Å². The van der Waals surface area contributed by atoms with Crippen LogP contribution in [0.1, 0.15) is 31.7 Å². The van der Waals surface area contributed by atoms with E-state index in [1.54, 1.807) is 0 Å². The van der Waals surface area contributed by atoms with Crippen LogP contribution in [0.5, 0.6) is 0 Å². The van der Waals surface area contributed by atoms with Crippen molar-refractivity contribution in [1.82, 2.24) is 10.7 Å². The molecule has 0 aliphatic heterocycles.